The van der Waals surface area contributed by atoms with Crippen molar-refractivity contribution in [3.8, 4) is 0 Å². The molecule has 1 rings (SSSR count). The Balaban J connectivity index is 1.90. The van der Waals surface area contributed by atoms with Crippen LogP contribution in [0.4, 0.5) is 0 Å². The maximum absolute atomic E-state index is 11.9. The predicted octanol–water partition coefficient (Wildman–Crippen LogP) is 5.48. The summed E-state index contributed by atoms with van der Waals surface area (Å²) in [5.41, 5.74) is 0. The summed E-state index contributed by atoms with van der Waals surface area (Å²) in [5.74, 6) is 1.37. The summed E-state index contributed by atoms with van der Waals surface area (Å²) in [5, 5.41) is 15.1. The molecule has 0 radical (unpaired) electrons. The molecular weight excluding hydrogens is 404 g/mol. The molecule has 0 saturated heterocycles. The number of unbranched alkanes of at least 4 members (excludes halogenated alkanes) is 12. The van der Waals surface area contributed by atoms with Crippen molar-refractivity contribution in [2.75, 3.05) is 26.2 Å². The first kappa shape index (κ1) is 28.7. The van der Waals surface area contributed by atoms with Gasteiger partial charge in [0.15, 0.2) is 0 Å². The molecule has 0 spiro atoms. The van der Waals surface area contributed by atoms with Crippen LogP contribution in [0.3, 0.4) is 0 Å². The van der Waals surface area contributed by atoms with E-state index in [0.29, 0.717) is 25.3 Å². The number of esters is 1. The Kier molecular flexibility index (Phi) is 19.2. The molecule has 0 bridgehead atoms. The van der Waals surface area contributed by atoms with Gasteiger partial charge in [0.25, 0.3) is 0 Å². The molecule has 0 aliphatic rings. The average Bonchev–Trinajstić information content (AvgIpc) is 3.25. The van der Waals surface area contributed by atoms with Crippen LogP contribution in [-0.4, -0.2) is 37.3 Å². The highest BCUT2D eigenvalue weighted by Gasteiger charge is 2.07. The van der Waals surface area contributed by atoms with Gasteiger partial charge in [0.1, 0.15) is 18.1 Å². The van der Waals surface area contributed by atoms with Crippen LogP contribution in [0.15, 0.2) is 16.5 Å². The summed E-state index contributed by atoms with van der Waals surface area (Å²) in [7, 11) is 0. The van der Waals surface area contributed by atoms with Gasteiger partial charge < -0.3 is 24.9 Å². The van der Waals surface area contributed by atoms with Gasteiger partial charge in [0.2, 0.25) is 0 Å². The molecular formula is C26H48N2O4. The number of hydrogen-bond acceptors (Lipinski definition) is 6. The lowest BCUT2D eigenvalue weighted by Crippen LogP contribution is -2.28. The lowest BCUT2D eigenvalue weighted by molar-refractivity contribution is -0.145. The molecule has 0 aliphatic carbocycles. The summed E-state index contributed by atoms with van der Waals surface area (Å²) in [6, 6.07) is 3.77. The molecule has 1 aromatic heterocycles. The van der Waals surface area contributed by atoms with E-state index in [1.807, 2.05) is 12.1 Å². The number of nitrogens with one attached hydrogen (secondary N) is 2. The second kappa shape index (κ2) is 21.5. The number of rotatable bonds is 23. The molecule has 0 unspecified atom stereocenters. The first-order valence-electron chi connectivity index (χ1n) is 13.0. The van der Waals surface area contributed by atoms with Gasteiger partial charge in [0.05, 0.1) is 13.2 Å². The molecule has 1 heterocycles. The van der Waals surface area contributed by atoms with Gasteiger partial charge in [-0.05, 0) is 18.6 Å². The molecule has 32 heavy (non-hydrogen) atoms. The van der Waals surface area contributed by atoms with Crippen molar-refractivity contribution in [3.05, 3.63) is 23.7 Å². The highest BCUT2D eigenvalue weighted by molar-refractivity contribution is 5.69. The van der Waals surface area contributed by atoms with Crippen molar-refractivity contribution in [1.29, 1.82) is 0 Å². The van der Waals surface area contributed by atoms with Crippen molar-refractivity contribution in [3.63, 3.8) is 0 Å². The van der Waals surface area contributed by atoms with Gasteiger partial charge in [-0.15, -0.1) is 0 Å². The number of carbonyl (C=O) groups excluding carboxylic acids is 1. The second-order valence-electron chi connectivity index (χ2n) is 8.67. The summed E-state index contributed by atoms with van der Waals surface area (Å²) in [6.07, 6.45) is 17.4. The van der Waals surface area contributed by atoms with E-state index in [-0.39, 0.29) is 19.2 Å². The topological polar surface area (TPSA) is 83.7 Å². The Bertz CT molecular complexity index is 548. The van der Waals surface area contributed by atoms with E-state index in [2.05, 4.69) is 17.6 Å². The third kappa shape index (κ3) is 17.2. The highest BCUT2D eigenvalue weighted by atomic mass is 16.5. The highest BCUT2D eigenvalue weighted by Crippen LogP contribution is 2.14. The van der Waals surface area contributed by atoms with Crippen LogP contribution in [0.2, 0.25) is 0 Å². The normalized spacial score (nSPS) is 11.2. The largest absolute Gasteiger partial charge is 0.461 e. The lowest BCUT2D eigenvalue weighted by Gasteiger charge is -2.05. The van der Waals surface area contributed by atoms with Crippen molar-refractivity contribution in [2.24, 2.45) is 0 Å². The fourth-order valence-electron chi connectivity index (χ4n) is 3.70. The van der Waals surface area contributed by atoms with Gasteiger partial charge in [-0.1, -0.05) is 84.0 Å². The molecule has 1 aromatic rings. The smallest absolute Gasteiger partial charge is 0.306 e. The molecule has 0 aromatic carbocycles. The third-order valence-corrected chi connectivity index (χ3v) is 5.64. The standard InChI is InChI=1S/C26H48N2O4/c1-2-3-4-5-6-7-8-9-10-11-12-13-14-15-26(30)31-23-25-17-16-24(32-25)22-28-19-18-27-20-21-29/h16-17,27-29H,2-15,18-23H2,1H3. The Hall–Kier alpha value is -1.37. The Morgan fingerprint density at radius 1 is 0.812 bits per heavy atom. The summed E-state index contributed by atoms with van der Waals surface area (Å²) in [6.45, 7) is 5.46. The molecule has 0 atom stereocenters. The zero-order valence-electron chi connectivity index (χ0n) is 20.5. The second-order valence-corrected chi connectivity index (χ2v) is 8.67. The zero-order valence-corrected chi connectivity index (χ0v) is 20.5. The summed E-state index contributed by atoms with van der Waals surface area (Å²) >= 11 is 0. The van der Waals surface area contributed by atoms with E-state index in [1.54, 1.807) is 0 Å². The summed E-state index contributed by atoms with van der Waals surface area (Å²) < 4.78 is 11.0. The first-order valence-corrected chi connectivity index (χ1v) is 13.0. The number of hydrogen-bond donors (Lipinski definition) is 3. The fourth-order valence-corrected chi connectivity index (χ4v) is 3.70. The van der Waals surface area contributed by atoms with Crippen LogP contribution < -0.4 is 10.6 Å². The van der Waals surface area contributed by atoms with E-state index in [4.69, 9.17) is 14.3 Å². The first-order chi connectivity index (χ1) is 15.8. The molecule has 186 valence electrons. The van der Waals surface area contributed by atoms with Crippen LogP contribution in [0, 0.1) is 0 Å². The molecule has 0 aliphatic heterocycles. The quantitative estimate of drug-likeness (QED) is 0.151. The van der Waals surface area contributed by atoms with Crippen LogP contribution in [0.5, 0.6) is 0 Å². The van der Waals surface area contributed by atoms with Crippen molar-refractivity contribution < 1.29 is 19.1 Å². The molecule has 6 heteroatoms. The Labute approximate surface area is 195 Å². The molecule has 6 nitrogen and oxygen atoms in total. The molecule has 0 amide bonds. The number of aliphatic hydroxyl groups is 1. The van der Waals surface area contributed by atoms with E-state index in [9.17, 15) is 4.79 Å². The van der Waals surface area contributed by atoms with Crippen LogP contribution in [-0.2, 0) is 22.7 Å². The van der Waals surface area contributed by atoms with Gasteiger partial charge in [-0.3, -0.25) is 4.79 Å². The Morgan fingerprint density at radius 2 is 1.38 bits per heavy atom. The minimum Gasteiger partial charge on any atom is -0.461 e. The maximum Gasteiger partial charge on any atom is 0.306 e. The van der Waals surface area contributed by atoms with Gasteiger partial charge in [-0.25, -0.2) is 0 Å². The number of furan rings is 1. The van der Waals surface area contributed by atoms with Crippen LogP contribution >= 0.6 is 0 Å². The average molecular weight is 453 g/mol. The third-order valence-electron chi connectivity index (χ3n) is 5.64. The zero-order chi connectivity index (χ0) is 23.1. The predicted molar refractivity (Wildman–Crippen MR) is 130 cm³/mol. The molecule has 3 N–H and O–H groups in total. The number of aliphatic hydroxyl groups excluding tert-OH is 1. The van der Waals surface area contributed by atoms with Gasteiger partial charge in [-0.2, -0.15) is 0 Å². The van der Waals surface area contributed by atoms with Gasteiger partial charge in [0, 0.05) is 26.1 Å². The monoisotopic (exact) mass is 452 g/mol. The minimum atomic E-state index is -0.140. The number of carbonyl (C=O) groups is 1. The van der Waals surface area contributed by atoms with Gasteiger partial charge >= 0.3 is 5.97 Å². The van der Waals surface area contributed by atoms with E-state index >= 15 is 0 Å². The number of ether oxygens (including phenoxy) is 1. The lowest BCUT2D eigenvalue weighted by atomic mass is 10.0. The molecule has 0 fully saturated rings. The molecule has 0 saturated carbocycles. The van der Waals surface area contributed by atoms with Crippen LogP contribution in [0.1, 0.15) is 108 Å². The van der Waals surface area contributed by atoms with Crippen LogP contribution in [0.25, 0.3) is 0 Å². The van der Waals surface area contributed by atoms with E-state index < -0.39 is 0 Å². The van der Waals surface area contributed by atoms with E-state index in [1.165, 1.54) is 70.6 Å². The fraction of sp³-hybridized carbons (Fsp3) is 0.808. The van der Waals surface area contributed by atoms with Crippen molar-refractivity contribution >= 4 is 5.97 Å². The Morgan fingerprint density at radius 3 is 2.00 bits per heavy atom. The minimum absolute atomic E-state index is 0.140. The maximum atomic E-state index is 11.9. The summed E-state index contributed by atoms with van der Waals surface area (Å²) in [4.78, 5) is 11.9. The van der Waals surface area contributed by atoms with Crippen molar-refractivity contribution in [1.82, 2.24) is 10.6 Å². The SMILES string of the molecule is CCCCCCCCCCCCCCCC(=O)OCc1ccc(CNCCNCCO)o1. The van der Waals surface area contributed by atoms with E-state index in [0.717, 1.165) is 31.7 Å². The van der Waals surface area contributed by atoms with Crippen molar-refractivity contribution in [2.45, 2.75) is 110 Å².